The van der Waals surface area contributed by atoms with Gasteiger partial charge in [-0.3, -0.25) is 0 Å². The summed E-state index contributed by atoms with van der Waals surface area (Å²) in [6.07, 6.45) is 0. The fraction of sp³-hybridized carbons (Fsp3) is 0.238. The number of rotatable bonds is 1. The predicted octanol–water partition coefficient (Wildman–Crippen LogP) is 6.59. The van der Waals surface area contributed by atoms with Crippen molar-refractivity contribution in [2.75, 3.05) is 0 Å². The molecule has 0 bridgehead atoms. The van der Waals surface area contributed by atoms with E-state index in [1.807, 2.05) is 0 Å². The fourth-order valence-electron chi connectivity index (χ4n) is 3.66. The van der Waals surface area contributed by atoms with E-state index in [9.17, 15) is 0 Å². The first kappa shape index (κ1) is 13.9. The summed E-state index contributed by atoms with van der Waals surface area (Å²) in [6.45, 7) is 9.15. The van der Waals surface area contributed by atoms with Crippen LogP contribution in [0.3, 0.4) is 0 Å². The Hall–Kier alpha value is -1.78. The molecule has 3 aromatic rings. The summed E-state index contributed by atoms with van der Waals surface area (Å²) in [6, 6.07) is 16.0. The van der Waals surface area contributed by atoms with E-state index in [0.717, 1.165) is 0 Å². The van der Waals surface area contributed by atoms with Gasteiger partial charge in [0.1, 0.15) is 0 Å². The molecule has 1 heterocycles. The van der Waals surface area contributed by atoms with Crippen LogP contribution in [0.5, 0.6) is 0 Å². The molecule has 0 saturated carbocycles. The smallest absolute Gasteiger partial charge is 0.0159 e. The van der Waals surface area contributed by atoms with Crippen LogP contribution in [0, 0.1) is 13.8 Å². The molecular formula is C21H21P. The minimum atomic E-state index is -0.267. The standard InChI is InChI=1S/C21H21P/c1-14-12-22(13-15(14)2)16-9-10-18-17-7-5-6-8-19(17)21(3,4)20(18)11-16/h5-13H,1-4H3. The van der Waals surface area contributed by atoms with Crippen molar-refractivity contribution in [2.45, 2.75) is 33.1 Å². The Morgan fingerprint density at radius 1 is 0.773 bits per heavy atom. The number of aryl methyl sites for hydroxylation is 2. The van der Waals surface area contributed by atoms with Gasteiger partial charge >= 0.3 is 0 Å². The molecule has 0 N–H and O–H groups in total. The van der Waals surface area contributed by atoms with E-state index in [0.29, 0.717) is 0 Å². The molecule has 4 rings (SSSR count). The minimum Gasteiger partial charge on any atom is -0.0928 e. The van der Waals surface area contributed by atoms with Crippen LogP contribution in [0.2, 0.25) is 0 Å². The molecule has 0 saturated heterocycles. The Labute approximate surface area is 133 Å². The molecule has 0 fully saturated rings. The molecule has 1 aromatic heterocycles. The molecule has 22 heavy (non-hydrogen) atoms. The molecule has 0 nitrogen and oxygen atoms in total. The molecule has 2 aromatic carbocycles. The lowest BCUT2D eigenvalue weighted by Crippen LogP contribution is -2.14. The molecule has 0 spiro atoms. The first-order chi connectivity index (χ1) is 10.5. The zero-order valence-electron chi connectivity index (χ0n) is 13.6. The Bertz CT molecular complexity index is 861. The monoisotopic (exact) mass is 304 g/mol. The molecular weight excluding hydrogens is 283 g/mol. The maximum atomic E-state index is 2.46. The van der Waals surface area contributed by atoms with E-state index in [2.05, 4.69) is 81.8 Å². The van der Waals surface area contributed by atoms with Crippen molar-refractivity contribution < 1.29 is 0 Å². The van der Waals surface area contributed by atoms with Crippen molar-refractivity contribution in [3.05, 3.63) is 76.3 Å². The highest BCUT2D eigenvalue weighted by Crippen LogP contribution is 2.52. The van der Waals surface area contributed by atoms with E-state index < -0.39 is 0 Å². The van der Waals surface area contributed by atoms with E-state index in [4.69, 9.17) is 0 Å². The van der Waals surface area contributed by atoms with Gasteiger partial charge in [-0.1, -0.05) is 57.8 Å². The summed E-state index contributed by atoms with van der Waals surface area (Å²) in [5, 5.41) is 1.48. The van der Waals surface area contributed by atoms with Crippen LogP contribution in [0.1, 0.15) is 36.1 Å². The van der Waals surface area contributed by atoms with Gasteiger partial charge in [-0.25, -0.2) is 0 Å². The number of fused-ring (bicyclic) bond motifs is 3. The summed E-state index contributed by atoms with van der Waals surface area (Å²) in [7, 11) is -0.267. The second-order valence-electron chi connectivity index (χ2n) is 6.93. The third-order valence-corrected chi connectivity index (χ3v) is 7.36. The lowest BCUT2D eigenvalue weighted by Gasteiger charge is -2.21. The van der Waals surface area contributed by atoms with Crippen LogP contribution in [-0.2, 0) is 5.41 Å². The van der Waals surface area contributed by atoms with Crippen LogP contribution in [0.25, 0.3) is 16.4 Å². The summed E-state index contributed by atoms with van der Waals surface area (Å²) >= 11 is 0. The van der Waals surface area contributed by atoms with Gasteiger partial charge in [0, 0.05) is 5.41 Å². The van der Waals surface area contributed by atoms with Gasteiger partial charge in [-0.15, -0.1) is 0 Å². The summed E-state index contributed by atoms with van der Waals surface area (Å²) in [5.74, 6) is 4.89. The first-order valence-corrected chi connectivity index (χ1v) is 9.36. The second-order valence-corrected chi connectivity index (χ2v) is 8.78. The third kappa shape index (κ3) is 1.84. The Kier molecular flexibility index (Phi) is 2.90. The number of benzene rings is 2. The zero-order valence-corrected chi connectivity index (χ0v) is 14.5. The first-order valence-electron chi connectivity index (χ1n) is 7.88. The summed E-state index contributed by atoms with van der Waals surface area (Å²) in [5.41, 5.74) is 8.75. The molecule has 0 unspecified atom stereocenters. The van der Waals surface area contributed by atoms with Crippen LogP contribution in [0.15, 0.2) is 54.1 Å². The van der Waals surface area contributed by atoms with Gasteiger partial charge in [0.2, 0.25) is 0 Å². The second kappa shape index (κ2) is 4.61. The topological polar surface area (TPSA) is 0 Å². The highest BCUT2D eigenvalue weighted by atomic mass is 31.1. The van der Waals surface area contributed by atoms with Gasteiger partial charge in [0.25, 0.3) is 0 Å². The SMILES string of the molecule is Cc1cp(-c2ccc3c(c2)C(C)(C)c2ccccc2-3)cc1C. The zero-order chi connectivity index (χ0) is 15.5. The van der Waals surface area contributed by atoms with Crippen molar-refractivity contribution in [3.63, 3.8) is 0 Å². The fourth-order valence-corrected chi connectivity index (χ4v) is 5.80. The summed E-state index contributed by atoms with van der Waals surface area (Å²) < 4.78 is 0. The van der Waals surface area contributed by atoms with E-state index >= 15 is 0 Å². The Morgan fingerprint density at radius 3 is 2.14 bits per heavy atom. The molecule has 0 atom stereocenters. The van der Waals surface area contributed by atoms with Gasteiger partial charge in [0.05, 0.1) is 0 Å². The van der Waals surface area contributed by atoms with Gasteiger partial charge < -0.3 is 0 Å². The van der Waals surface area contributed by atoms with Crippen LogP contribution >= 0.6 is 7.53 Å². The average Bonchev–Trinajstić information content (AvgIpc) is 2.96. The average molecular weight is 304 g/mol. The molecule has 1 aliphatic rings. The number of hydrogen-bond donors (Lipinski definition) is 0. The highest BCUT2D eigenvalue weighted by molar-refractivity contribution is 7.56. The quantitative estimate of drug-likeness (QED) is 0.476. The minimum absolute atomic E-state index is 0.106. The lowest BCUT2D eigenvalue weighted by atomic mass is 9.82. The molecule has 110 valence electrons. The predicted molar refractivity (Wildman–Crippen MR) is 97.5 cm³/mol. The van der Waals surface area contributed by atoms with Crippen molar-refractivity contribution in [2.24, 2.45) is 0 Å². The van der Waals surface area contributed by atoms with Crippen molar-refractivity contribution >= 4 is 7.53 Å². The van der Waals surface area contributed by atoms with Gasteiger partial charge in [-0.05, 0) is 70.2 Å². The molecule has 1 heteroatoms. The van der Waals surface area contributed by atoms with Gasteiger partial charge in [-0.2, -0.15) is 0 Å². The van der Waals surface area contributed by atoms with Crippen LogP contribution < -0.4 is 0 Å². The van der Waals surface area contributed by atoms with Crippen molar-refractivity contribution in [3.8, 4) is 16.4 Å². The molecule has 0 aliphatic heterocycles. The van der Waals surface area contributed by atoms with Crippen molar-refractivity contribution in [1.29, 1.82) is 0 Å². The normalized spacial score (nSPS) is 14.7. The van der Waals surface area contributed by atoms with E-state index in [-0.39, 0.29) is 12.9 Å². The van der Waals surface area contributed by atoms with Crippen LogP contribution in [0.4, 0.5) is 0 Å². The number of hydrogen-bond acceptors (Lipinski definition) is 0. The van der Waals surface area contributed by atoms with Gasteiger partial charge in [0.15, 0.2) is 0 Å². The maximum Gasteiger partial charge on any atom is 0.0159 e. The van der Waals surface area contributed by atoms with Crippen molar-refractivity contribution in [1.82, 2.24) is 0 Å². The maximum absolute atomic E-state index is 2.46. The molecule has 0 radical (unpaired) electrons. The highest BCUT2D eigenvalue weighted by Gasteiger charge is 2.35. The third-order valence-electron chi connectivity index (χ3n) is 5.15. The summed E-state index contributed by atoms with van der Waals surface area (Å²) in [4.78, 5) is 0. The molecule has 1 aliphatic carbocycles. The van der Waals surface area contributed by atoms with E-state index in [1.54, 1.807) is 0 Å². The molecule has 0 amide bonds. The Balaban J connectivity index is 1.92. The van der Waals surface area contributed by atoms with Crippen LogP contribution in [-0.4, -0.2) is 0 Å². The van der Waals surface area contributed by atoms with E-state index in [1.165, 1.54) is 38.7 Å². The Morgan fingerprint density at radius 2 is 1.41 bits per heavy atom. The largest absolute Gasteiger partial charge is 0.0928 e. The lowest BCUT2D eigenvalue weighted by molar-refractivity contribution is 0.661.